The van der Waals surface area contributed by atoms with Crippen LogP contribution in [-0.2, 0) is 4.79 Å². The fourth-order valence-corrected chi connectivity index (χ4v) is 5.86. The van der Waals surface area contributed by atoms with Gasteiger partial charge in [-0.25, -0.2) is 4.79 Å². The largest absolute Gasteiger partial charge is 0.490 e. The van der Waals surface area contributed by atoms with E-state index in [0.717, 1.165) is 0 Å². The first-order valence-corrected chi connectivity index (χ1v) is 10.6. The van der Waals surface area contributed by atoms with Crippen LogP contribution in [0.25, 0.3) is 0 Å². The first kappa shape index (κ1) is 23.0. The van der Waals surface area contributed by atoms with Crippen molar-refractivity contribution in [2.75, 3.05) is 25.2 Å². The standard InChI is InChI=1S/C13H30P.C2HF3O2/c1-5-8-11-14(4,12-9-6-2)13-10-7-3;3-2(4,5)1(6)7/h5-13H2,1-4H3;(H,6,7)/q+1;. The van der Waals surface area contributed by atoms with Gasteiger partial charge in [-0.2, -0.15) is 13.2 Å². The summed E-state index contributed by atoms with van der Waals surface area (Å²) in [6, 6.07) is 0. The lowest BCUT2D eigenvalue weighted by Gasteiger charge is -2.22. The Balaban J connectivity index is 0. The Hall–Kier alpha value is -0.310. The van der Waals surface area contributed by atoms with Gasteiger partial charge in [-0.3, -0.25) is 0 Å². The summed E-state index contributed by atoms with van der Waals surface area (Å²) in [5.41, 5.74) is 0. The lowest BCUT2D eigenvalue weighted by atomic mass is 10.4. The second kappa shape index (κ2) is 12.3. The number of halogens is 3. The minimum Gasteiger partial charge on any atom is -0.475 e. The highest BCUT2D eigenvalue weighted by Crippen LogP contribution is 2.57. The van der Waals surface area contributed by atoms with Crippen molar-refractivity contribution in [3.05, 3.63) is 0 Å². The Morgan fingerprint density at radius 1 is 0.905 bits per heavy atom. The van der Waals surface area contributed by atoms with Crippen LogP contribution in [0, 0.1) is 0 Å². The number of carboxylic acid groups (broad SMARTS) is 1. The molecule has 0 aromatic heterocycles. The van der Waals surface area contributed by atoms with Crippen LogP contribution in [0.3, 0.4) is 0 Å². The normalized spacial score (nSPS) is 11.8. The predicted molar refractivity (Wildman–Crippen MR) is 85.9 cm³/mol. The third-order valence-electron chi connectivity index (χ3n) is 3.40. The third-order valence-corrected chi connectivity index (χ3v) is 7.58. The summed E-state index contributed by atoms with van der Waals surface area (Å²) in [4.78, 5) is 8.90. The molecule has 0 aromatic rings. The molecule has 2 nitrogen and oxygen atoms in total. The molecule has 0 rings (SSSR count). The summed E-state index contributed by atoms with van der Waals surface area (Å²) < 4.78 is 31.7. The van der Waals surface area contributed by atoms with Crippen LogP contribution in [0.15, 0.2) is 0 Å². The van der Waals surface area contributed by atoms with Gasteiger partial charge in [0.2, 0.25) is 0 Å². The van der Waals surface area contributed by atoms with Crippen LogP contribution in [0.2, 0.25) is 0 Å². The van der Waals surface area contributed by atoms with Gasteiger partial charge in [-0.1, -0.05) is 40.0 Å². The summed E-state index contributed by atoms with van der Waals surface area (Å²) in [6.07, 6.45) is 8.15. The minimum absolute atomic E-state index is 0.519. The van der Waals surface area contributed by atoms with E-state index in [4.69, 9.17) is 9.90 Å². The van der Waals surface area contributed by atoms with Gasteiger partial charge in [-0.15, -0.1) is 0 Å². The summed E-state index contributed by atoms with van der Waals surface area (Å²) in [5, 5.41) is 7.12. The zero-order chi connectivity index (χ0) is 16.9. The molecular formula is C15H31F3O2P+. The molecule has 21 heavy (non-hydrogen) atoms. The molecule has 0 aromatic carbocycles. The quantitative estimate of drug-likeness (QED) is 0.553. The molecule has 0 saturated heterocycles. The van der Waals surface area contributed by atoms with Crippen molar-refractivity contribution in [1.82, 2.24) is 0 Å². The van der Waals surface area contributed by atoms with Crippen LogP contribution in [0.5, 0.6) is 0 Å². The number of rotatable bonds is 9. The maximum atomic E-state index is 10.6. The number of unbranched alkanes of at least 4 members (excludes halogenated alkanes) is 3. The summed E-state index contributed by atoms with van der Waals surface area (Å²) in [5.74, 6) is -2.76. The Labute approximate surface area is 127 Å². The predicted octanol–water partition coefficient (Wildman–Crippen LogP) is 5.67. The lowest BCUT2D eigenvalue weighted by molar-refractivity contribution is -0.192. The number of carbonyl (C=O) groups is 1. The Bertz CT molecular complexity index is 246. The van der Waals surface area contributed by atoms with Gasteiger partial charge in [0.1, 0.15) is 0 Å². The van der Waals surface area contributed by atoms with Crippen LogP contribution < -0.4 is 0 Å². The van der Waals surface area contributed by atoms with Crippen molar-refractivity contribution in [2.24, 2.45) is 0 Å². The molecule has 0 bridgehead atoms. The molecule has 0 unspecified atom stereocenters. The van der Waals surface area contributed by atoms with E-state index in [9.17, 15) is 13.2 Å². The van der Waals surface area contributed by atoms with Gasteiger partial charge >= 0.3 is 12.1 Å². The average Bonchev–Trinajstić information content (AvgIpc) is 2.40. The highest BCUT2D eigenvalue weighted by atomic mass is 31.2. The van der Waals surface area contributed by atoms with Crippen molar-refractivity contribution in [3.63, 3.8) is 0 Å². The molecule has 6 heteroatoms. The van der Waals surface area contributed by atoms with E-state index in [-0.39, 0.29) is 0 Å². The Morgan fingerprint density at radius 2 is 1.14 bits per heavy atom. The van der Waals surface area contributed by atoms with Gasteiger partial charge in [0, 0.05) is 13.9 Å². The van der Waals surface area contributed by atoms with Crippen molar-refractivity contribution in [2.45, 2.75) is 65.5 Å². The summed E-state index contributed by atoms with van der Waals surface area (Å²) >= 11 is 0. The Kier molecular flexibility index (Phi) is 13.4. The maximum Gasteiger partial charge on any atom is 0.490 e. The van der Waals surface area contributed by atoms with Crippen LogP contribution >= 0.6 is 7.26 Å². The van der Waals surface area contributed by atoms with Crippen molar-refractivity contribution < 1.29 is 23.1 Å². The Morgan fingerprint density at radius 3 is 1.29 bits per heavy atom. The van der Waals surface area contributed by atoms with Gasteiger partial charge in [0.05, 0.1) is 18.5 Å². The molecule has 0 saturated carbocycles. The second-order valence-electron chi connectivity index (χ2n) is 5.65. The first-order valence-electron chi connectivity index (χ1n) is 7.76. The van der Waals surface area contributed by atoms with Gasteiger partial charge in [-0.05, 0) is 19.3 Å². The van der Waals surface area contributed by atoms with E-state index < -0.39 is 19.4 Å². The fraction of sp³-hybridized carbons (Fsp3) is 0.933. The van der Waals surface area contributed by atoms with E-state index >= 15 is 0 Å². The van der Waals surface area contributed by atoms with E-state index in [1.54, 1.807) is 18.5 Å². The molecule has 0 fully saturated rings. The molecule has 128 valence electrons. The lowest BCUT2D eigenvalue weighted by Crippen LogP contribution is -2.21. The molecule has 0 atom stereocenters. The number of alkyl halides is 3. The molecule has 0 heterocycles. The molecule has 0 radical (unpaired) electrons. The average molecular weight is 331 g/mol. The smallest absolute Gasteiger partial charge is 0.475 e. The molecule has 1 N–H and O–H groups in total. The molecular weight excluding hydrogens is 300 g/mol. The fourth-order valence-electron chi connectivity index (χ4n) is 1.95. The first-order chi connectivity index (χ1) is 9.63. The summed E-state index contributed by atoms with van der Waals surface area (Å²) in [7, 11) is -0.519. The zero-order valence-corrected chi connectivity index (χ0v) is 14.7. The SMILES string of the molecule is CCCC[P+](C)(CCCC)CCCC.O=C(O)C(F)(F)F. The topological polar surface area (TPSA) is 37.3 Å². The van der Waals surface area contributed by atoms with Crippen molar-refractivity contribution in [1.29, 1.82) is 0 Å². The maximum absolute atomic E-state index is 10.6. The van der Waals surface area contributed by atoms with Crippen LogP contribution in [0.4, 0.5) is 13.2 Å². The third kappa shape index (κ3) is 14.4. The van der Waals surface area contributed by atoms with Crippen molar-refractivity contribution in [3.8, 4) is 0 Å². The number of carboxylic acids is 1. The molecule has 0 amide bonds. The van der Waals surface area contributed by atoms with Crippen LogP contribution in [-0.4, -0.2) is 42.4 Å². The number of hydrogen-bond donors (Lipinski definition) is 1. The molecule has 0 aliphatic rings. The van der Waals surface area contributed by atoms with E-state index in [1.165, 1.54) is 38.5 Å². The van der Waals surface area contributed by atoms with E-state index in [2.05, 4.69) is 27.4 Å². The molecule has 0 spiro atoms. The van der Waals surface area contributed by atoms with E-state index in [1.807, 2.05) is 0 Å². The van der Waals surface area contributed by atoms with Gasteiger partial charge < -0.3 is 5.11 Å². The number of hydrogen-bond acceptors (Lipinski definition) is 1. The van der Waals surface area contributed by atoms with Crippen molar-refractivity contribution >= 4 is 13.2 Å². The zero-order valence-electron chi connectivity index (χ0n) is 13.8. The number of aliphatic carboxylic acids is 1. The molecule has 0 aliphatic carbocycles. The monoisotopic (exact) mass is 331 g/mol. The van der Waals surface area contributed by atoms with Gasteiger partial charge in [0.25, 0.3) is 0 Å². The van der Waals surface area contributed by atoms with Crippen LogP contribution in [0.1, 0.15) is 59.3 Å². The second-order valence-corrected chi connectivity index (χ2v) is 10.2. The molecule has 0 aliphatic heterocycles. The summed E-state index contributed by atoms with van der Waals surface area (Å²) in [6.45, 7) is 9.59. The highest BCUT2D eigenvalue weighted by Gasteiger charge is 2.38. The highest BCUT2D eigenvalue weighted by molar-refractivity contribution is 7.75. The van der Waals surface area contributed by atoms with E-state index in [0.29, 0.717) is 0 Å². The van der Waals surface area contributed by atoms with Gasteiger partial charge in [0.15, 0.2) is 0 Å². The minimum atomic E-state index is -5.08.